The van der Waals surface area contributed by atoms with Crippen LogP contribution in [-0.2, 0) is 22.4 Å². The van der Waals surface area contributed by atoms with Gasteiger partial charge in [0.15, 0.2) is 0 Å². The molecule has 0 aliphatic heterocycles. The number of benzene rings is 2. The summed E-state index contributed by atoms with van der Waals surface area (Å²) in [5.74, 6) is 0.166. The fourth-order valence-corrected chi connectivity index (χ4v) is 3.78. The molecule has 2 aromatic carbocycles. The highest BCUT2D eigenvalue weighted by atomic mass is 127. The summed E-state index contributed by atoms with van der Waals surface area (Å²) in [4.78, 5) is 11.8. The van der Waals surface area contributed by atoms with Gasteiger partial charge in [0.05, 0.1) is 20.2 Å². The van der Waals surface area contributed by atoms with Gasteiger partial charge in [-0.05, 0) is 80.6 Å². The van der Waals surface area contributed by atoms with Crippen molar-refractivity contribution in [2.45, 2.75) is 12.8 Å². The number of hydrogen-bond donors (Lipinski definition) is 2. The smallest absolute Gasteiger partial charge is 0.310 e. The molecule has 0 fully saturated rings. The topological polar surface area (TPSA) is 66.8 Å². The first kappa shape index (κ1) is 17.3. The highest BCUT2D eigenvalue weighted by Crippen LogP contribution is 2.27. The second kappa shape index (κ2) is 8.00. The molecule has 0 spiro atoms. The van der Waals surface area contributed by atoms with Crippen LogP contribution in [0.3, 0.4) is 0 Å². The van der Waals surface area contributed by atoms with Gasteiger partial charge in [-0.1, -0.05) is 12.1 Å². The van der Waals surface area contributed by atoms with Crippen LogP contribution in [0.15, 0.2) is 36.4 Å². The van der Waals surface area contributed by atoms with Crippen LogP contribution in [0.4, 0.5) is 0 Å². The lowest BCUT2D eigenvalue weighted by Crippen LogP contribution is -2.10. The third-order valence-corrected chi connectivity index (χ3v) is 4.66. The number of ether oxygens (including phenoxy) is 1. The maximum absolute atomic E-state index is 11.8. The van der Waals surface area contributed by atoms with Crippen molar-refractivity contribution in [1.82, 2.24) is 0 Å². The quantitative estimate of drug-likeness (QED) is 0.464. The van der Waals surface area contributed by atoms with E-state index in [9.17, 15) is 15.0 Å². The van der Waals surface area contributed by atoms with Crippen LogP contribution in [0.1, 0.15) is 11.1 Å². The first-order valence-corrected chi connectivity index (χ1v) is 8.72. The zero-order chi connectivity index (χ0) is 16.1. The Kier molecular flexibility index (Phi) is 6.30. The first-order valence-electron chi connectivity index (χ1n) is 6.56. The van der Waals surface area contributed by atoms with Crippen LogP contribution in [0.2, 0.25) is 0 Å². The predicted octanol–water partition coefficient (Wildman–Crippen LogP) is 3.64. The van der Waals surface area contributed by atoms with Crippen LogP contribution in [0, 0.1) is 7.14 Å². The summed E-state index contributed by atoms with van der Waals surface area (Å²) in [7, 11) is 0. The third-order valence-electron chi connectivity index (χ3n) is 3.02. The zero-order valence-electron chi connectivity index (χ0n) is 11.6. The molecule has 0 amide bonds. The number of carbonyl (C=O) groups is 1. The van der Waals surface area contributed by atoms with Gasteiger partial charge in [-0.2, -0.15) is 0 Å². The Labute approximate surface area is 155 Å². The SMILES string of the molecule is O=C(Cc1cc(I)c(O)c(I)c1)OCCc1ccc(O)cc1. The largest absolute Gasteiger partial charge is 0.508 e. The van der Waals surface area contributed by atoms with Gasteiger partial charge in [-0.15, -0.1) is 0 Å². The summed E-state index contributed by atoms with van der Waals surface area (Å²) in [5.41, 5.74) is 1.82. The van der Waals surface area contributed by atoms with E-state index in [-0.39, 0.29) is 23.9 Å². The Balaban J connectivity index is 1.84. The average molecular weight is 524 g/mol. The molecule has 0 aliphatic carbocycles. The molecule has 0 bridgehead atoms. The monoisotopic (exact) mass is 524 g/mol. The summed E-state index contributed by atoms with van der Waals surface area (Å²) < 4.78 is 6.66. The number of phenolic OH excluding ortho intramolecular Hbond substituents is 2. The highest BCUT2D eigenvalue weighted by molar-refractivity contribution is 14.1. The van der Waals surface area contributed by atoms with E-state index in [0.29, 0.717) is 13.0 Å². The minimum Gasteiger partial charge on any atom is -0.508 e. The molecule has 2 aromatic rings. The van der Waals surface area contributed by atoms with Crippen LogP contribution < -0.4 is 0 Å². The molecule has 2 N–H and O–H groups in total. The number of phenols is 2. The molecule has 0 unspecified atom stereocenters. The van der Waals surface area contributed by atoms with Gasteiger partial charge in [0.25, 0.3) is 0 Å². The predicted molar refractivity (Wildman–Crippen MR) is 100 cm³/mol. The Morgan fingerprint density at radius 3 is 2.18 bits per heavy atom. The molecule has 0 atom stereocenters. The molecule has 0 saturated heterocycles. The number of rotatable bonds is 5. The van der Waals surface area contributed by atoms with E-state index < -0.39 is 0 Å². The second-order valence-corrected chi connectivity index (χ2v) is 7.05. The Morgan fingerprint density at radius 1 is 1.00 bits per heavy atom. The lowest BCUT2D eigenvalue weighted by molar-refractivity contribution is -0.142. The highest BCUT2D eigenvalue weighted by Gasteiger charge is 2.10. The summed E-state index contributed by atoms with van der Waals surface area (Å²) in [6, 6.07) is 10.4. The summed E-state index contributed by atoms with van der Waals surface area (Å²) >= 11 is 4.07. The number of hydrogen-bond acceptors (Lipinski definition) is 4. The van der Waals surface area contributed by atoms with Crippen LogP contribution >= 0.6 is 45.2 Å². The van der Waals surface area contributed by atoms with Crippen molar-refractivity contribution in [3.63, 3.8) is 0 Å². The summed E-state index contributed by atoms with van der Waals surface area (Å²) in [6.45, 7) is 0.301. The minimum atomic E-state index is -0.295. The molecule has 22 heavy (non-hydrogen) atoms. The Bertz CT molecular complexity index is 645. The Morgan fingerprint density at radius 2 is 1.59 bits per heavy atom. The minimum absolute atomic E-state index is 0.182. The van der Waals surface area contributed by atoms with Crippen LogP contribution in [0.5, 0.6) is 11.5 Å². The van der Waals surface area contributed by atoms with E-state index in [1.165, 1.54) is 0 Å². The molecular weight excluding hydrogens is 510 g/mol. The molecule has 6 heteroatoms. The van der Waals surface area contributed by atoms with Gasteiger partial charge in [0.2, 0.25) is 0 Å². The maximum Gasteiger partial charge on any atom is 0.310 e. The van der Waals surface area contributed by atoms with Gasteiger partial charge < -0.3 is 14.9 Å². The lowest BCUT2D eigenvalue weighted by atomic mass is 10.1. The third kappa shape index (κ3) is 5.01. The fraction of sp³-hybridized carbons (Fsp3) is 0.188. The van der Waals surface area contributed by atoms with E-state index in [1.807, 2.05) is 45.2 Å². The summed E-state index contributed by atoms with van der Waals surface area (Å²) in [5, 5.41) is 18.9. The molecule has 0 aromatic heterocycles. The Hall–Kier alpha value is -1.03. The van der Waals surface area contributed by atoms with Gasteiger partial charge in [-0.3, -0.25) is 4.79 Å². The van der Waals surface area contributed by atoms with E-state index >= 15 is 0 Å². The number of carbonyl (C=O) groups excluding carboxylic acids is 1. The van der Waals surface area contributed by atoms with Crippen molar-refractivity contribution in [1.29, 1.82) is 0 Å². The molecule has 116 valence electrons. The van der Waals surface area contributed by atoms with Gasteiger partial charge >= 0.3 is 5.97 Å². The molecule has 0 saturated carbocycles. The van der Waals surface area contributed by atoms with Gasteiger partial charge in [0.1, 0.15) is 11.5 Å². The molecular formula is C16H14I2O4. The van der Waals surface area contributed by atoms with Crippen molar-refractivity contribution >= 4 is 51.2 Å². The van der Waals surface area contributed by atoms with E-state index in [4.69, 9.17) is 4.74 Å². The molecule has 4 nitrogen and oxygen atoms in total. The van der Waals surface area contributed by atoms with Gasteiger partial charge in [0, 0.05) is 6.42 Å². The van der Waals surface area contributed by atoms with Crippen molar-refractivity contribution in [2.24, 2.45) is 0 Å². The van der Waals surface area contributed by atoms with Crippen molar-refractivity contribution in [3.05, 3.63) is 54.7 Å². The van der Waals surface area contributed by atoms with Crippen LogP contribution in [0.25, 0.3) is 0 Å². The van der Waals surface area contributed by atoms with E-state index in [2.05, 4.69) is 0 Å². The fourth-order valence-electron chi connectivity index (χ4n) is 1.88. The van der Waals surface area contributed by atoms with Crippen molar-refractivity contribution < 1.29 is 19.7 Å². The number of aromatic hydroxyl groups is 2. The molecule has 0 aliphatic rings. The summed E-state index contributed by atoms with van der Waals surface area (Å²) in [6.07, 6.45) is 0.790. The van der Waals surface area contributed by atoms with E-state index in [0.717, 1.165) is 18.3 Å². The second-order valence-electron chi connectivity index (χ2n) is 4.72. The maximum atomic E-state index is 11.8. The van der Waals surface area contributed by atoms with Gasteiger partial charge in [-0.25, -0.2) is 0 Å². The molecule has 0 radical (unpaired) electrons. The van der Waals surface area contributed by atoms with E-state index in [1.54, 1.807) is 36.4 Å². The lowest BCUT2D eigenvalue weighted by Gasteiger charge is -2.07. The molecule has 2 rings (SSSR count). The average Bonchev–Trinajstić information content (AvgIpc) is 2.47. The zero-order valence-corrected chi connectivity index (χ0v) is 15.9. The molecule has 0 heterocycles. The normalized spacial score (nSPS) is 10.5. The van der Waals surface area contributed by atoms with Crippen molar-refractivity contribution in [2.75, 3.05) is 6.61 Å². The number of halogens is 2. The number of esters is 1. The first-order chi connectivity index (χ1) is 10.5. The standard InChI is InChI=1S/C16H14I2O4/c17-13-7-11(8-14(18)16(13)21)9-15(20)22-6-5-10-1-3-12(19)4-2-10/h1-4,7-8,19,21H,5-6,9H2. The van der Waals surface area contributed by atoms with Crippen molar-refractivity contribution in [3.8, 4) is 11.5 Å². The van der Waals surface area contributed by atoms with Crippen LogP contribution in [-0.4, -0.2) is 22.8 Å².